The Balaban J connectivity index is 1.76. The molecular formula is C20H23ClN6O2. The molecule has 1 fully saturated rings. The second-order valence-electron chi connectivity index (χ2n) is 6.86. The van der Waals surface area contributed by atoms with Gasteiger partial charge >= 0.3 is 0 Å². The third kappa shape index (κ3) is 5.45. The molecular weight excluding hydrogens is 392 g/mol. The fraction of sp³-hybridized carbons (Fsp3) is 0.300. The smallest absolute Gasteiger partial charge is 0.247 e. The van der Waals surface area contributed by atoms with Crippen molar-refractivity contribution in [2.45, 2.75) is 31.7 Å². The van der Waals surface area contributed by atoms with Crippen LogP contribution in [0.25, 0.3) is 0 Å². The third-order valence-electron chi connectivity index (χ3n) is 4.78. The summed E-state index contributed by atoms with van der Waals surface area (Å²) in [5.41, 5.74) is 6.64. The average Bonchev–Trinajstić information content (AvgIpc) is 2.72. The van der Waals surface area contributed by atoms with Crippen LogP contribution < -0.4 is 21.7 Å². The zero-order chi connectivity index (χ0) is 20.8. The maximum absolute atomic E-state index is 11.7. The minimum absolute atomic E-state index is 0.0643. The van der Waals surface area contributed by atoms with E-state index in [0.717, 1.165) is 19.3 Å². The van der Waals surface area contributed by atoms with Gasteiger partial charge in [0.05, 0.1) is 17.6 Å². The average molecular weight is 415 g/mol. The van der Waals surface area contributed by atoms with Gasteiger partial charge in [-0.1, -0.05) is 36.7 Å². The highest BCUT2D eigenvalue weighted by Crippen LogP contribution is 2.30. The van der Waals surface area contributed by atoms with Gasteiger partial charge in [-0.25, -0.2) is 4.98 Å². The van der Waals surface area contributed by atoms with Gasteiger partial charge < -0.3 is 21.7 Å². The molecule has 29 heavy (non-hydrogen) atoms. The van der Waals surface area contributed by atoms with Crippen molar-refractivity contribution in [3.8, 4) is 0 Å². The zero-order valence-corrected chi connectivity index (χ0v) is 16.6. The molecule has 1 heterocycles. The predicted octanol–water partition coefficient (Wildman–Crippen LogP) is 3.45. The molecule has 152 valence electrons. The first-order valence-electron chi connectivity index (χ1n) is 9.34. The molecule has 2 aromatic rings. The van der Waals surface area contributed by atoms with Gasteiger partial charge in [0.1, 0.15) is 5.02 Å². The molecule has 8 nitrogen and oxygen atoms in total. The molecule has 9 heteroatoms. The molecule has 1 aliphatic carbocycles. The maximum Gasteiger partial charge on any atom is 0.247 e. The largest absolute Gasteiger partial charge is 0.369 e. The molecule has 0 unspecified atom stereocenters. The number of halogens is 1. The molecule has 0 radical (unpaired) electrons. The first-order chi connectivity index (χ1) is 14.0. The van der Waals surface area contributed by atoms with E-state index in [1.165, 1.54) is 12.3 Å². The van der Waals surface area contributed by atoms with Crippen molar-refractivity contribution < 1.29 is 9.59 Å². The number of nitrogens with two attached hydrogens (primary N) is 1. The lowest BCUT2D eigenvalue weighted by Crippen LogP contribution is -2.34. The summed E-state index contributed by atoms with van der Waals surface area (Å²) in [5, 5.41) is 9.45. The lowest BCUT2D eigenvalue weighted by Gasteiger charge is -2.28. The van der Waals surface area contributed by atoms with Gasteiger partial charge in [0.2, 0.25) is 17.8 Å². The monoisotopic (exact) mass is 414 g/mol. The Morgan fingerprint density at radius 3 is 2.72 bits per heavy atom. The number of hydrogen-bond acceptors (Lipinski definition) is 6. The Hall–Kier alpha value is -3.13. The van der Waals surface area contributed by atoms with Crippen LogP contribution in [0.2, 0.25) is 5.02 Å². The van der Waals surface area contributed by atoms with Crippen LogP contribution in [0.4, 0.5) is 23.1 Å². The molecule has 1 aromatic heterocycles. The van der Waals surface area contributed by atoms with E-state index in [4.69, 9.17) is 17.3 Å². The number of para-hydroxylation sites is 2. The molecule has 1 saturated carbocycles. The third-order valence-corrected chi connectivity index (χ3v) is 5.05. The number of amides is 2. The van der Waals surface area contributed by atoms with Gasteiger partial charge in [-0.2, -0.15) is 4.98 Å². The Morgan fingerprint density at radius 1 is 1.24 bits per heavy atom. The maximum atomic E-state index is 11.7. The summed E-state index contributed by atoms with van der Waals surface area (Å²) in [6.07, 6.45) is 5.99. The van der Waals surface area contributed by atoms with Crippen molar-refractivity contribution in [2.24, 2.45) is 11.7 Å². The molecule has 0 bridgehead atoms. The van der Waals surface area contributed by atoms with Crippen LogP contribution in [-0.4, -0.2) is 27.8 Å². The number of nitrogens with zero attached hydrogens (tertiary/aromatic N) is 2. The topological polar surface area (TPSA) is 122 Å². The van der Waals surface area contributed by atoms with Crippen molar-refractivity contribution in [1.82, 2.24) is 9.97 Å². The summed E-state index contributed by atoms with van der Waals surface area (Å²) in [6.45, 7) is 3.46. The molecule has 2 atom stereocenters. The molecule has 2 amide bonds. The van der Waals surface area contributed by atoms with E-state index >= 15 is 0 Å². The van der Waals surface area contributed by atoms with Crippen LogP contribution in [-0.2, 0) is 9.59 Å². The fourth-order valence-corrected chi connectivity index (χ4v) is 3.44. The van der Waals surface area contributed by atoms with E-state index in [-0.39, 0.29) is 23.8 Å². The van der Waals surface area contributed by atoms with Gasteiger partial charge in [0, 0.05) is 12.0 Å². The summed E-state index contributed by atoms with van der Waals surface area (Å²) < 4.78 is 0. The minimum atomic E-state index is -0.323. The number of hydrogen-bond donors (Lipinski definition) is 4. The highest BCUT2D eigenvalue weighted by Gasteiger charge is 2.26. The van der Waals surface area contributed by atoms with E-state index in [0.29, 0.717) is 34.6 Å². The second kappa shape index (κ2) is 9.38. The fourth-order valence-electron chi connectivity index (χ4n) is 3.30. The molecule has 5 N–H and O–H groups in total. The number of nitrogens with one attached hydrogen (secondary N) is 3. The predicted molar refractivity (Wildman–Crippen MR) is 114 cm³/mol. The Bertz CT molecular complexity index is 920. The van der Waals surface area contributed by atoms with Crippen molar-refractivity contribution in [1.29, 1.82) is 0 Å². The van der Waals surface area contributed by atoms with Gasteiger partial charge in [-0.05, 0) is 37.5 Å². The number of carbonyl (C=O) groups is 2. The standard InChI is InChI=1S/C20H23ClN6O2/c1-2-17(28)25-15-8-3-4-9-16(15)26-19-14(21)11-23-20(27-19)24-13-7-5-6-12(10-13)18(22)29/h2-4,8-9,11-13H,1,5-7,10H2,(H2,22,29)(H,25,28)(H2,23,24,26,27)/t12-,13+/m1/s1. The van der Waals surface area contributed by atoms with Crippen molar-refractivity contribution in [3.05, 3.63) is 48.1 Å². The SMILES string of the molecule is C=CC(=O)Nc1ccccc1Nc1nc(N[C@H]2CCC[C@@H](C(N)=O)C2)ncc1Cl. The lowest BCUT2D eigenvalue weighted by molar-refractivity contribution is -0.122. The van der Waals surface area contributed by atoms with Crippen LogP contribution in [0.3, 0.4) is 0 Å². The summed E-state index contributed by atoms with van der Waals surface area (Å²) in [5.74, 6) is 0.0728. The minimum Gasteiger partial charge on any atom is -0.369 e. The van der Waals surface area contributed by atoms with Crippen LogP contribution in [0.5, 0.6) is 0 Å². The summed E-state index contributed by atoms with van der Waals surface area (Å²) in [6, 6.07) is 7.24. The summed E-state index contributed by atoms with van der Waals surface area (Å²) in [4.78, 5) is 31.8. The lowest BCUT2D eigenvalue weighted by atomic mass is 9.85. The zero-order valence-electron chi connectivity index (χ0n) is 15.8. The number of aromatic nitrogens is 2. The van der Waals surface area contributed by atoms with E-state index < -0.39 is 0 Å². The first-order valence-corrected chi connectivity index (χ1v) is 9.72. The van der Waals surface area contributed by atoms with E-state index in [1.54, 1.807) is 18.2 Å². The van der Waals surface area contributed by atoms with E-state index in [9.17, 15) is 9.59 Å². The van der Waals surface area contributed by atoms with Crippen molar-refractivity contribution in [3.63, 3.8) is 0 Å². The van der Waals surface area contributed by atoms with Gasteiger partial charge in [0.25, 0.3) is 0 Å². The Labute approximate surface area is 173 Å². The van der Waals surface area contributed by atoms with Crippen LogP contribution >= 0.6 is 11.6 Å². The van der Waals surface area contributed by atoms with Crippen molar-refractivity contribution >= 4 is 46.6 Å². The van der Waals surface area contributed by atoms with Gasteiger partial charge in [0.15, 0.2) is 5.82 Å². The van der Waals surface area contributed by atoms with Gasteiger partial charge in [-0.3, -0.25) is 9.59 Å². The molecule has 0 saturated heterocycles. The first kappa shape index (κ1) is 20.6. The summed E-state index contributed by atoms with van der Waals surface area (Å²) in [7, 11) is 0. The van der Waals surface area contributed by atoms with Crippen molar-refractivity contribution in [2.75, 3.05) is 16.0 Å². The number of anilines is 4. The number of primary amides is 1. The molecule has 3 rings (SSSR count). The quantitative estimate of drug-likeness (QED) is 0.514. The Morgan fingerprint density at radius 2 is 2.00 bits per heavy atom. The normalized spacial score (nSPS) is 18.5. The number of carbonyl (C=O) groups excluding carboxylic acids is 2. The van der Waals surface area contributed by atoms with Crippen LogP contribution in [0.1, 0.15) is 25.7 Å². The highest BCUT2D eigenvalue weighted by atomic mass is 35.5. The number of benzene rings is 1. The molecule has 0 spiro atoms. The van der Waals surface area contributed by atoms with Crippen LogP contribution in [0, 0.1) is 5.92 Å². The van der Waals surface area contributed by atoms with Gasteiger partial charge in [-0.15, -0.1) is 0 Å². The Kier molecular flexibility index (Phi) is 6.66. The second-order valence-corrected chi connectivity index (χ2v) is 7.27. The van der Waals surface area contributed by atoms with E-state index in [2.05, 4.69) is 32.5 Å². The molecule has 1 aromatic carbocycles. The number of rotatable bonds is 7. The highest BCUT2D eigenvalue weighted by molar-refractivity contribution is 6.33. The van der Waals surface area contributed by atoms with E-state index in [1.807, 2.05) is 6.07 Å². The molecule has 1 aliphatic rings. The van der Waals surface area contributed by atoms with Crippen LogP contribution in [0.15, 0.2) is 43.1 Å². The summed E-state index contributed by atoms with van der Waals surface area (Å²) >= 11 is 6.26. The molecule has 0 aliphatic heterocycles.